The summed E-state index contributed by atoms with van der Waals surface area (Å²) in [4.78, 5) is 32.0. The molecular formula is C16H14ClN5O4. The van der Waals surface area contributed by atoms with Crippen LogP contribution in [0.3, 0.4) is 0 Å². The number of hydrogen-bond donors (Lipinski definition) is 0. The number of benzene rings is 1. The Kier molecular flexibility index (Phi) is 6.03. The highest BCUT2D eigenvalue weighted by Crippen LogP contribution is 2.35. The zero-order valence-corrected chi connectivity index (χ0v) is 14.7. The number of anilines is 2. The molecule has 0 aliphatic carbocycles. The third kappa shape index (κ3) is 3.87. The van der Waals surface area contributed by atoms with Gasteiger partial charge >= 0.3 is 11.7 Å². The van der Waals surface area contributed by atoms with Gasteiger partial charge in [-0.25, -0.2) is 9.78 Å². The van der Waals surface area contributed by atoms with Gasteiger partial charge < -0.3 is 9.64 Å². The lowest BCUT2D eigenvalue weighted by molar-refractivity contribution is -0.384. The average Bonchev–Trinajstić information content (AvgIpc) is 2.65. The maximum absolute atomic E-state index is 12.3. The van der Waals surface area contributed by atoms with Crippen molar-refractivity contribution in [2.24, 2.45) is 0 Å². The van der Waals surface area contributed by atoms with Gasteiger partial charge in [-0.05, 0) is 42.3 Å². The van der Waals surface area contributed by atoms with Crippen LogP contribution in [-0.2, 0) is 9.53 Å². The smallest absolute Gasteiger partial charge is 0.330 e. The van der Waals surface area contributed by atoms with E-state index in [4.69, 9.17) is 21.6 Å². The van der Waals surface area contributed by atoms with Gasteiger partial charge in [0.15, 0.2) is 0 Å². The predicted molar refractivity (Wildman–Crippen MR) is 93.1 cm³/mol. The third-order valence-corrected chi connectivity index (χ3v) is 3.77. The van der Waals surface area contributed by atoms with E-state index in [1.54, 1.807) is 19.1 Å². The zero-order valence-electron chi connectivity index (χ0n) is 13.9. The van der Waals surface area contributed by atoms with E-state index in [0.717, 1.165) is 6.20 Å². The van der Waals surface area contributed by atoms with Gasteiger partial charge in [0.1, 0.15) is 12.2 Å². The molecule has 9 nitrogen and oxygen atoms in total. The SMILES string of the molecule is CCC(C(=O)OC)N(c1ccc(C#N)cc1)c1nc(Cl)ncc1[N+](=O)[O-]. The number of methoxy groups -OCH3 is 1. The van der Waals surface area contributed by atoms with Crippen molar-refractivity contribution in [2.45, 2.75) is 19.4 Å². The lowest BCUT2D eigenvalue weighted by Crippen LogP contribution is -2.39. The molecule has 2 rings (SSSR count). The fraction of sp³-hybridized carbons (Fsp3) is 0.250. The maximum atomic E-state index is 12.3. The van der Waals surface area contributed by atoms with Crippen molar-refractivity contribution >= 4 is 34.8 Å². The zero-order chi connectivity index (χ0) is 19.3. The molecule has 0 saturated carbocycles. The van der Waals surface area contributed by atoms with Crippen LogP contribution in [0.5, 0.6) is 0 Å². The summed E-state index contributed by atoms with van der Waals surface area (Å²) < 4.78 is 4.82. The van der Waals surface area contributed by atoms with Gasteiger partial charge in [-0.15, -0.1) is 0 Å². The molecule has 0 radical (unpaired) electrons. The quantitative estimate of drug-likeness (QED) is 0.327. The average molecular weight is 376 g/mol. The van der Waals surface area contributed by atoms with E-state index in [0.29, 0.717) is 11.3 Å². The first-order valence-electron chi connectivity index (χ1n) is 7.47. The van der Waals surface area contributed by atoms with Gasteiger partial charge in [0.2, 0.25) is 11.1 Å². The summed E-state index contributed by atoms with van der Waals surface area (Å²) in [6.45, 7) is 1.73. The van der Waals surface area contributed by atoms with Crippen LogP contribution >= 0.6 is 11.6 Å². The first-order chi connectivity index (χ1) is 12.4. The molecule has 1 heterocycles. The molecule has 0 N–H and O–H groups in total. The second-order valence-electron chi connectivity index (χ2n) is 5.08. The minimum atomic E-state index is -0.891. The molecule has 1 aromatic carbocycles. The Balaban J connectivity index is 2.71. The molecule has 0 fully saturated rings. The summed E-state index contributed by atoms with van der Waals surface area (Å²) in [5, 5.41) is 20.2. The number of carbonyl (C=O) groups is 1. The predicted octanol–water partition coefficient (Wildman–Crippen LogP) is 3.00. The van der Waals surface area contributed by atoms with E-state index in [9.17, 15) is 14.9 Å². The molecule has 0 aliphatic rings. The fourth-order valence-corrected chi connectivity index (χ4v) is 2.52. The van der Waals surface area contributed by atoms with Crippen molar-refractivity contribution in [3.63, 3.8) is 0 Å². The minimum Gasteiger partial charge on any atom is -0.467 e. The van der Waals surface area contributed by atoms with Gasteiger partial charge in [-0.1, -0.05) is 6.92 Å². The molecule has 1 atom stereocenters. The number of nitriles is 1. The first kappa shape index (κ1) is 19.1. The molecule has 2 aromatic rings. The van der Waals surface area contributed by atoms with Crippen LogP contribution in [0.25, 0.3) is 0 Å². The summed E-state index contributed by atoms with van der Waals surface area (Å²) in [5.41, 5.74) is 0.398. The number of nitrogens with zero attached hydrogens (tertiary/aromatic N) is 5. The highest BCUT2D eigenvalue weighted by Gasteiger charge is 2.33. The molecule has 10 heteroatoms. The molecular weight excluding hydrogens is 362 g/mol. The van der Waals surface area contributed by atoms with Crippen molar-refractivity contribution in [3.05, 3.63) is 51.4 Å². The minimum absolute atomic E-state index is 0.142. The van der Waals surface area contributed by atoms with Crippen LogP contribution in [0.4, 0.5) is 17.2 Å². The maximum Gasteiger partial charge on any atom is 0.330 e. The van der Waals surface area contributed by atoms with Crippen LogP contribution in [0.2, 0.25) is 5.28 Å². The number of carbonyl (C=O) groups excluding carboxylic acids is 1. The molecule has 1 aromatic heterocycles. The van der Waals surface area contributed by atoms with E-state index in [1.807, 2.05) is 6.07 Å². The monoisotopic (exact) mass is 375 g/mol. The fourth-order valence-electron chi connectivity index (χ4n) is 2.39. The number of ether oxygens (including phenoxy) is 1. The van der Waals surface area contributed by atoms with Crippen molar-refractivity contribution in [3.8, 4) is 6.07 Å². The summed E-state index contributed by atoms with van der Waals surface area (Å²) in [5.74, 6) is -0.738. The number of nitro groups is 1. The summed E-state index contributed by atoms with van der Waals surface area (Å²) >= 11 is 5.83. The number of esters is 1. The molecule has 26 heavy (non-hydrogen) atoms. The summed E-state index contributed by atoms with van der Waals surface area (Å²) in [7, 11) is 1.23. The molecule has 0 aliphatic heterocycles. The molecule has 0 amide bonds. The van der Waals surface area contributed by atoms with E-state index in [1.165, 1.54) is 24.1 Å². The Morgan fingerprint density at radius 2 is 2.12 bits per heavy atom. The Hall–Kier alpha value is -3.25. The Morgan fingerprint density at radius 3 is 2.62 bits per heavy atom. The number of rotatable bonds is 6. The lowest BCUT2D eigenvalue weighted by Gasteiger charge is -2.29. The van der Waals surface area contributed by atoms with Crippen molar-refractivity contribution in [2.75, 3.05) is 12.0 Å². The topological polar surface area (TPSA) is 122 Å². The number of halogens is 1. The van der Waals surface area contributed by atoms with E-state index >= 15 is 0 Å². The number of hydrogen-bond acceptors (Lipinski definition) is 8. The van der Waals surface area contributed by atoms with E-state index in [2.05, 4.69) is 9.97 Å². The normalized spacial score (nSPS) is 11.3. The van der Waals surface area contributed by atoms with Gasteiger partial charge in [0.25, 0.3) is 0 Å². The third-order valence-electron chi connectivity index (χ3n) is 3.59. The lowest BCUT2D eigenvalue weighted by atomic mass is 10.1. The van der Waals surface area contributed by atoms with Crippen LogP contribution in [0, 0.1) is 21.4 Å². The number of aromatic nitrogens is 2. The van der Waals surface area contributed by atoms with Crippen LogP contribution < -0.4 is 4.90 Å². The largest absolute Gasteiger partial charge is 0.467 e. The molecule has 134 valence electrons. The van der Waals surface area contributed by atoms with Crippen LogP contribution in [-0.4, -0.2) is 34.0 Å². The van der Waals surface area contributed by atoms with Gasteiger partial charge in [0.05, 0.1) is 23.7 Å². The van der Waals surface area contributed by atoms with Gasteiger partial charge in [-0.2, -0.15) is 10.2 Å². The highest BCUT2D eigenvalue weighted by atomic mass is 35.5. The standard InChI is InChI=1S/C16H14ClN5O4/c1-3-12(15(23)26-2)21(11-6-4-10(8-18)5-7-11)14-13(22(24)25)9-19-16(17)20-14/h4-7,9,12H,3H2,1-2H3. The highest BCUT2D eigenvalue weighted by molar-refractivity contribution is 6.28. The molecule has 0 spiro atoms. The van der Waals surface area contributed by atoms with Crippen molar-refractivity contribution in [1.29, 1.82) is 5.26 Å². The summed E-state index contributed by atoms with van der Waals surface area (Å²) in [6.07, 6.45) is 1.26. The van der Waals surface area contributed by atoms with Gasteiger partial charge in [0, 0.05) is 5.69 Å². The molecule has 1 unspecified atom stereocenters. The van der Waals surface area contributed by atoms with Crippen LogP contribution in [0.1, 0.15) is 18.9 Å². The second-order valence-corrected chi connectivity index (χ2v) is 5.42. The van der Waals surface area contributed by atoms with E-state index in [-0.39, 0.29) is 17.5 Å². The molecule has 0 bridgehead atoms. The van der Waals surface area contributed by atoms with Gasteiger partial charge in [-0.3, -0.25) is 10.1 Å². The second kappa shape index (κ2) is 8.22. The van der Waals surface area contributed by atoms with E-state index < -0.39 is 22.6 Å². The first-order valence-corrected chi connectivity index (χ1v) is 7.84. The van der Waals surface area contributed by atoms with Crippen LogP contribution in [0.15, 0.2) is 30.5 Å². The Labute approximate surface area is 154 Å². The summed E-state index contributed by atoms with van der Waals surface area (Å²) in [6, 6.07) is 7.27. The van der Waals surface area contributed by atoms with Crippen molar-refractivity contribution < 1.29 is 14.5 Å². The Bertz CT molecular complexity index is 866. The van der Waals surface area contributed by atoms with Crippen molar-refractivity contribution in [1.82, 2.24) is 9.97 Å². The molecule has 0 saturated heterocycles. The Morgan fingerprint density at radius 1 is 1.46 bits per heavy atom.